The molecule has 0 unspecified atom stereocenters. The van der Waals surface area contributed by atoms with Gasteiger partial charge in [0.1, 0.15) is 12.2 Å². The number of hydrogen-bond donors (Lipinski definition) is 3. The van der Waals surface area contributed by atoms with Gasteiger partial charge in [-0.05, 0) is 117 Å². The summed E-state index contributed by atoms with van der Waals surface area (Å²) in [7, 11) is 0. The van der Waals surface area contributed by atoms with E-state index < -0.39 is 34.9 Å². The highest BCUT2D eigenvalue weighted by Gasteiger charge is 2.72. The maximum absolute atomic E-state index is 13.4. The van der Waals surface area contributed by atoms with Gasteiger partial charge in [-0.1, -0.05) is 60.1 Å². The third-order valence-electron chi connectivity index (χ3n) is 15.8. The smallest absolute Gasteiger partial charge is 0.320 e. The topological polar surface area (TPSA) is 123 Å². The second-order valence-corrected chi connectivity index (χ2v) is 18.4. The van der Waals surface area contributed by atoms with E-state index in [2.05, 4.69) is 65.2 Å². The summed E-state index contributed by atoms with van der Waals surface area (Å²) in [5.41, 5.74) is -0.423. The van der Waals surface area contributed by atoms with Crippen LogP contribution in [0.4, 0.5) is 0 Å². The van der Waals surface area contributed by atoms with Crippen LogP contribution in [0.2, 0.25) is 0 Å². The minimum absolute atomic E-state index is 0.128. The third kappa shape index (κ3) is 5.80. The third-order valence-corrected chi connectivity index (χ3v) is 15.8. The maximum Gasteiger partial charge on any atom is 0.320 e. The van der Waals surface area contributed by atoms with Crippen LogP contribution in [0.15, 0.2) is 11.6 Å². The second-order valence-electron chi connectivity index (χ2n) is 18.4. The summed E-state index contributed by atoms with van der Waals surface area (Å²) in [4.78, 5) is 39.4. The van der Waals surface area contributed by atoms with Crippen LogP contribution in [-0.4, -0.2) is 74.6 Å². The molecule has 9 nitrogen and oxygen atoms in total. The van der Waals surface area contributed by atoms with E-state index in [1.54, 1.807) is 0 Å². The van der Waals surface area contributed by atoms with Gasteiger partial charge in [-0.2, -0.15) is 0 Å². The van der Waals surface area contributed by atoms with Crippen molar-refractivity contribution in [3.05, 3.63) is 11.6 Å². The fraction of sp³-hybridized carbons (Fsp3) is 0.875. The zero-order valence-corrected chi connectivity index (χ0v) is 31.5. The second kappa shape index (κ2) is 13.2. The lowest BCUT2D eigenvalue weighted by Gasteiger charge is -2.71. The number of aliphatic carboxylic acids is 1. The van der Waals surface area contributed by atoms with Crippen LogP contribution in [-0.2, 0) is 28.6 Å². The molecule has 3 saturated carbocycles. The summed E-state index contributed by atoms with van der Waals surface area (Å²) < 4.78 is 19.0. The summed E-state index contributed by atoms with van der Waals surface area (Å²) in [6, 6.07) is 0. The van der Waals surface area contributed by atoms with E-state index in [0.717, 1.165) is 58.2 Å². The standard InChI is InChI=1S/C40H64N2O7/c1-24(2)25(3)36(5)15-16-38(7)28-9-10-31-37(6)22-47-23-40(31,29(28)11-14-39(38,8)33(36)35(45)46)19-30(48-26(4)43)34(37)49-32(44)21-42-20-27-12-17-41-18-13-27/h11,24-25,27-28,30-31,33-34,41-42H,9-10,12-23H2,1-8H3,(H,45,46)/t25-,28+,30-,31+,33-,34+,36-,37-,38-,39+,40+/m1/s1. The first-order chi connectivity index (χ1) is 23.0. The number of rotatable bonds is 9. The van der Waals surface area contributed by atoms with Crippen molar-refractivity contribution in [2.75, 3.05) is 39.4 Å². The quantitative estimate of drug-likeness (QED) is 0.198. The van der Waals surface area contributed by atoms with Crippen LogP contribution in [0.5, 0.6) is 0 Å². The van der Waals surface area contributed by atoms with Crippen LogP contribution in [0.25, 0.3) is 0 Å². The molecule has 9 heteroatoms. The van der Waals surface area contributed by atoms with Crippen molar-refractivity contribution in [3.8, 4) is 0 Å². The lowest BCUT2D eigenvalue weighted by Crippen LogP contribution is -2.70. The van der Waals surface area contributed by atoms with Gasteiger partial charge in [-0.25, -0.2) is 0 Å². The molecule has 2 saturated heterocycles. The van der Waals surface area contributed by atoms with Crippen molar-refractivity contribution >= 4 is 17.9 Å². The first-order valence-electron chi connectivity index (χ1n) is 19.3. The summed E-state index contributed by atoms with van der Waals surface area (Å²) in [5, 5.41) is 17.7. The largest absolute Gasteiger partial charge is 0.481 e. The minimum Gasteiger partial charge on any atom is -0.481 e. The SMILES string of the molecule is CC(=O)O[C@@H]1C[C@@]23COC[C@](C)([C@@H]2CC[C@H]2C3=CC[C@@]3(C)[C@H](C(=O)O)[C@@](C)([C@H](C)C(C)C)CC[C@]23C)[C@H]1OC(=O)CNCC1CCNCC1. The Hall–Kier alpha value is -1.97. The number of piperidine rings is 1. The van der Waals surface area contributed by atoms with Crippen LogP contribution in [0.1, 0.15) is 107 Å². The molecule has 11 atom stereocenters. The van der Waals surface area contributed by atoms with Crippen molar-refractivity contribution in [1.29, 1.82) is 0 Å². The normalized spacial score (nSPS) is 44.1. The predicted octanol–water partition coefficient (Wildman–Crippen LogP) is 6.01. The van der Waals surface area contributed by atoms with Crippen molar-refractivity contribution in [3.63, 3.8) is 0 Å². The zero-order valence-electron chi connectivity index (χ0n) is 31.5. The van der Waals surface area contributed by atoms with E-state index in [9.17, 15) is 19.5 Å². The molecule has 0 amide bonds. The molecule has 2 bridgehead atoms. The molecule has 6 rings (SSSR count). The van der Waals surface area contributed by atoms with Gasteiger partial charge in [0, 0.05) is 17.8 Å². The number of hydrogen-bond acceptors (Lipinski definition) is 8. The molecule has 49 heavy (non-hydrogen) atoms. The molecule has 276 valence electrons. The molecule has 0 radical (unpaired) electrons. The molecule has 0 spiro atoms. The predicted molar refractivity (Wildman–Crippen MR) is 187 cm³/mol. The number of carboxylic acids is 1. The van der Waals surface area contributed by atoms with Crippen LogP contribution < -0.4 is 10.6 Å². The molecule has 6 aliphatic rings. The number of carbonyl (C=O) groups excluding carboxylic acids is 2. The Balaban J connectivity index is 1.31. The molecule has 5 fully saturated rings. The Morgan fingerprint density at radius 1 is 1.00 bits per heavy atom. The van der Waals surface area contributed by atoms with Crippen molar-refractivity contribution in [2.24, 2.45) is 62.6 Å². The molecular weight excluding hydrogens is 620 g/mol. The van der Waals surface area contributed by atoms with E-state index in [0.29, 0.717) is 37.9 Å². The first-order valence-corrected chi connectivity index (χ1v) is 19.3. The first kappa shape index (κ1) is 36.8. The number of nitrogens with one attached hydrogen (secondary N) is 2. The van der Waals surface area contributed by atoms with Crippen molar-refractivity contribution in [1.82, 2.24) is 10.6 Å². The molecular formula is C40H64N2O7. The van der Waals surface area contributed by atoms with Crippen LogP contribution in [0.3, 0.4) is 0 Å². The van der Waals surface area contributed by atoms with Gasteiger partial charge >= 0.3 is 17.9 Å². The number of carboxylic acid groups (broad SMARTS) is 1. The maximum atomic E-state index is 13.4. The number of fused-ring (bicyclic) bond motifs is 3. The molecule has 2 aliphatic heterocycles. The molecule has 0 aromatic carbocycles. The number of carbonyl (C=O) groups is 3. The molecule has 0 aromatic heterocycles. The van der Waals surface area contributed by atoms with Crippen LogP contribution in [0, 0.1) is 62.6 Å². The summed E-state index contributed by atoms with van der Waals surface area (Å²) in [6.07, 6.45) is 8.46. The molecule has 2 heterocycles. The molecule has 0 aromatic rings. The van der Waals surface area contributed by atoms with E-state index in [1.165, 1.54) is 12.5 Å². The molecule has 4 aliphatic carbocycles. The zero-order chi connectivity index (χ0) is 35.6. The fourth-order valence-electron chi connectivity index (χ4n) is 12.8. The van der Waals surface area contributed by atoms with Gasteiger partial charge in [0.15, 0.2) is 0 Å². The van der Waals surface area contributed by atoms with Gasteiger partial charge in [0.05, 0.1) is 25.7 Å². The van der Waals surface area contributed by atoms with Gasteiger partial charge in [0.2, 0.25) is 0 Å². The molecule has 3 N–H and O–H groups in total. The van der Waals surface area contributed by atoms with Gasteiger partial charge < -0.3 is 30.0 Å². The monoisotopic (exact) mass is 684 g/mol. The Bertz CT molecular complexity index is 1330. The van der Waals surface area contributed by atoms with E-state index in [4.69, 9.17) is 14.2 Å². The fourth-order valence-corrected chi connectivity index (χ4v) is 12.8. The Morgan fingerprint density at radius 3 is 2.37 bits per heavy atom. The average Bonchev–Trinajstić information content (AvgIpc) is 3.03. The Kier molecular flexibility index (Phi) is 9.93. The van der Waals surface area contributed by atoms with E-state index in [-0.39, 0.29) is 52.5 Å². The van der Waals surface area contributed by atoms with Crippen molar-refractivity contribution < 1.29 is 33.7 Å². The highest BCUT2D eigenvalue weighted by molar-refractivity contribution is 5.73. The van der Waals surface area contributed by atoms with E-state index in [1.807, 2.05) is 0 Å². The van der Waals surface area contributed by atoms with Crippen molar-refractivity contribution in [2.45, 2.75) is 119 Å². The minimum atomic E-state index is -0.664. The average molecular weight is 685 g/mol. The Labute approximate surface area is 294 Å². The number of allylic oxidation sites excluding steroid dienone is 1. The number of esters is 2. The summed E-state index contributed by atoms with van der Waals surface area (Å²) >= 11 is 0. The summed E-state index contributed by atoms with van der Waals surface area (Å²) in [6.45, 7) is 21.1. The van der Waals surface area contributed by atoms with Gasteiger partial charge in [-0.15, -0.1) is 0 Å². The summed E-state index contributed by atoms with van der Waals surface area (Å²) in [5.74, 6) is -0.165. The van der Waals surface area contributed by atoms with Crippen LogP contribution >= 0.6 is 0 Å². The number of ether oxygens (including phenoxy) is 3. The lowest BCUT2D eigenvalue weighted by molar-refractivity contribution is -0.262. The Morgan fingerprint density at radius 2 is 1.71 bits per heavy atom. The lowest BCUT2D eigenvalue weighted by atomic mass is 9.34. The van der Waals surface area contributed by atoms with E-state index >= 15 is 0 Å². The van der Waals surface area contributed by atoms with Gasteiger partial charge in [0.25, 0.3) is 0 Å². The van der Waals surface area contributed by atoms with Gasteiger partial charge in [-0.3, -0.25) is 14.4 Å². The highest BCUT2D eigenvalue weighted by Crippen LogP contribution is 2.75. The highest BCUT2D eigenvalue weighted by atomic mass is 16.6.